The Labute approximate surface area is 325 Å². The van der Waals surface area contributed by atoms with Gasteiger partial charge in [0.15, 0.2) is 5.60 Å². The SMILES string of the molecule is C[C@H]1[C@H]([Si](C)(C)F)[C@@H](CC(=O)N2CCC[C@H]2CO)O[C@]12C(=O)N(Cc1ccc(N3CN(c4ccccc4)C4(CCNCC4)C3=O)cc1)c1ccc(Br)cc12. The van der Waals surface area contributed by atoms with Gasteiger partial charge in [-0.3, -0.25) is 19.3 Å². The third kappa shape index (κ3) is 6.01. The molecule has 0 aromatic heterocycles. The van der Waals surface area contributed by atoms with Gasteiger partial charge in [0, 0.05) is 39.4 Å². The number of nitrogens with one attached hydrogen (secondary N) is 1. The van der Waals surface area contributed by atoms with Gasteiger partial charge in [-0.1, -0.05) is 53.2 Å². The van der Waals surface area contributed by atoms with Crippen molar-refractivity contribution < 1.29 is 28.3 Å². The molecule has 5 heterocycles. The molecule has 4 fully saturated rings. The highest BCUT2D eigenvalue weighted by Crippen LogP contribution is 2.60. The zero-order chi connectivity index (χ0) is 38.0. The molecule has 0 saturated carbocycles. The maximum Gasteiger partial charge on any atom is 0.264 e. The summed E-state index contributed by atoms with van der Waals surface area (Å²) >= 11 is 3.61. The van der Waals surface area contributed by atoms with Crippen molar-refractivity contribution in [3.63, 3.8) is 0 Å². The van der Waals surface area contributed by atoms with Gasteiger partial charge in [0.25, 0.3) is 11.8 Å². The number of amides is 3. The summed E-state index contributed by atoms with van der Waals surface area (Å²) in [7, 11) is -3.47. The zero-order valence-corrected chi connectivity index (χ0v) is 33.7. The van der Waals surface area contributed by atoms with Crippen molar-refractivity contribution in [2.75, 3.05) is 47.6 Å². The molecular weight excluding hydrogens is 769 g/mol. The van der Waals surface area contributed by atoms with Crippen LogP contribution in [0.4, 0.5) is 21.2 Å². The highest BCUT2D eigenvalue weighted by molar-refractivity contribution is 9.10. The van der Waals surface area contributed by atoms with E-state index in [2.05, 4.69) is 38.3 Å². The van der Waals surface area contributed by atoms with Gasteiger partial charge in [0.05, 0.1) is 44.1 Å². The second-order valence-corrected chi connectivity index (χ2v) is 20.9. The van der Waals surface area contributed by atoms with Crippen LogP contribution in [-0.2, 0) is 31.3 Å². The Hall–Kier alpha value is -3.62. The highest BCUT2D eigenvalue weighted by atomic mass is 79.9. The van der Waals surface area contributed by atoms with Gasteiger partial charge in [-0.2, -0.15) is 0 Å². The van der Waals surface area contributed by atoms with Crippen LogP contribution in [0.5, 0.6) is 0 Å². The van der Waals surface area contributed by atoms with E-state index >= 15 is 4.11 Å². The minimum absolute atomic E-state index is 0.0413. The second-order valence-electron chi connectivity index (χ2n) is 16.2. The molecule has 3 aromatic carbocycles. The van der Waals surface area contributed by atoms with E-state index in [1.807, 2.05) is 72.5 Å². The number of ether oxygens (including phenoxy) is 1. The Bertz CT molecular complexity index is 1920. The number of carbonyl (C=O) groups excluding carboxylic acids is 3. The second kappa shape index (κ2) is 14.1. The quantitative estimate of drug-likeness (QED) is 0.210. The molecule has 5 atom stereocenters. The number of aliphatic hydroxyl groups is 1. The van der Waals surface area contributed by atoms with E-state index in [4.69, 9.17) is 4.74 Å². The van der Waals surface area contributed by atoms with E-state index in [-0.39, 0.29) is 43.3 Å². The number of fused-ring (bicyclic) bond motifs is 2. The van der Waals surface area contributed by atoms with Gasteiger partial charge in [-0.05, 0) is 99.9 Å². The standard InChI is InChI=1S/C41H49BrFN5O5Si/c1-27-37(54(2,3)43)35(23-36(50)45-21-7-10-32(45)25-49)53-41(27)33-22-29(42)13-16-34(33)46(39(41)52)24-28-11-14-30(15-12-28)47-26-48(31-8-5-4-6-9-31)40(38(47)51)17-19-44-20-18-40/h4-6,8-9,11-16,22,27,32,35,37,44,49H,7,10,17-21,23-26H2,1-3H3/t27-,32-,35+,37-,41+/m0/s1. The predicted molar refractivity (Wildman–Crippen MR) is 212 cm³/mol. The van der Waals surface area contributed by atoms with Crippen LogP contribution in [0.3, 0.4) is 0 Å². The van der Waals surface area contributed by atoms with E-state index < -0.39 is 37.1 Å². The van der Waals surface area contributed by atoms with E-state index in [1.54, 1.807) is 22.9 Å². The van der Waals surface area contributed by atoms with Crippen LogP contribution in [0.15, 0.2) is 77.3 Å². The summed E-state index contributed by atoms with van der Waals surface area (Å²) in [4.78, 5) is 50.3. The number of benzene rings is 3. The van der Waals surface area contributed by atoms with Gasteiger partial charge in [0.1, 0.15) is 5.54 Å². The molecule has 0 radical (unpaired) electrons. The van der Waals surface area contributed by atoms with Gasteiger partial charge < -0.3 is 34.0 Å². The molecule has 0 bridgehead atoms. The Morgan fingerprint density at radius 2 is 1.74 bits per heavy atom. The van der Waals surface area contributed by atoms with Crippen LogP contribution < -0.4 is 20.0 Å². The smallest absolute Gasteiger partial charge is 0.264 e. The molecule has 0 unspecified atom stereocenters. The lowest BCUT2D eigenvalue weighted by Crippen LogP contribution is -2.55. The Balaban J connectivity index is 1.07. The molecule has 54 heavy (non-hydrogen) atoms. The molecule has 8 rings (SSSR count). The molecular formula is C41H49BrFN5O5Si. The molecule has 3 aromatic rings. The van der Waals surface area contributed by atoms with Crippen molar-refractivity contribution in [3.8, 4) is 0 Å². The van der Waals surface area contributed by atoms with Crippen LogP contribution in [0.1, 0.15) is 50.2 Å². The largest absolute Gasteiger partial charge is 0.394 e. The normalized spacial score (nSPS) is 27.9. The van der Waals surface area contributed by atoms with Crippen molar-refractivity contribution in [2.45, 2.75) is 87.5 Å². The number of anilines is 3. The number of hydrogen-bond acceptors (Lipinski definition) is 7. The number of hydrogen-bond donors (Lipinski definition) is 2. The van der Waals surface area contributed by atoms with Crippen LogP contribution >= 0.6 is 15.9 Å². The molecule has 5 aliphatic heterocycles. The van der Waals surface area contributed by atoms with Crippen molar-refractivity contribution in [1.29, 1.82) is 0 Å². The first-order valence-electron chi connectivity index (χ1n) is 19.2. The predicted octanol–water partition coefficient (Wildman–Crippen LogP) is 6.08. The molecule has 3 amide bonds. The Morgan fingerprint density at radius 1 is 1.02 bits per heavy atom. The lowest BCUT2D eigenvalue weighted by molar-refractivity contribution is -0.150. The highest BCUT2D eigenvalue weighted by Gasteiger charge is 2.67. The van der Waals surface area contributed by atoms with Crippen LogP contribution in [0.25, 0.3) is 0 Å². The molecule has 4 saturated heterocycles. The average molecular weight is 819 g/mol. The summed E-state index contributed by atoms with van der Waals surface area (Å²) in [5, 5.41) is 13.3. The summed E-state index contributed by atoms with van der Waals surface area (Å²) in [6.45, 7) is 7.87. The number of likely N-dealkylation sites (tertiary alicyclic amines) is 1. The fraction of sp³-hybridized carbons (Fsp3) is 0.488. The van der Waals surface area contributed by atoms with Gasteiger partial charge in [0.2, 0.25) is 14.3 Å². The number of para-hydroxylation sites is 1. The number of nitrogens with zero attached hydrogens (tertiary/aromatic N) is 4. The number of piperidine rings is 1. The molecule has 2 N–H and O–H groups in total. The maximum atomic E-state index is 16.4. The summed E-state index contributed by atoms with van der Waals surface area (Å²) < 4.78 is 24.0. The van der Waals surface area contributed by atoms with E-state index in [1.165, 1.54) is 0 Å². The van der Waals surface area contributed by atoms with Gasteiger partial charge >= 0.3 is 0 Å². The molecule has 13 heteroatoms. The van der Waals surface area contributed by atoms with E-state index in [9.17, 15) is 19.5 Å². The van der Waals surface area contributed by atoms with E-state index in [0.717, 1.165) is 60.2 Å². The average Bonchev–Trinajstić information content (AvgIpc) is 3.89. The molecule has 10 nitrogen and oxygen atoms in total. The summed E-state index contributed by atoms with van der Waals surface area (Å²) in [6, 6.07) is 23.4. The first-order chi connectivity index (χ1) is 25.9. The van der Waals surface area contributed by atoms with Crippen LogP contribution in [-0.4, -0.2) is 86.7 Å². The molecule has 286 valence electrons. The lowest BCUT2D eigenvalue weighted by Gasteiger charge is -2.39. The summed E-state index contributed by atoms with van der Waals surface area (Å²) in [6.07, 6.45) is 2.17. The van der Waals surface area contributed by atoms with E-state index in [0.29, 0.717) is 24.5 Å². The monoisotopic (exact) mass is 817 g/mol. The van der Waals surface area contributed by atoms with Crippen molar-refractivity contribution in [1.82, 2.24) is 10.2 Å². The Kier molecular flexibility index (Phi) is 9.77. The van der Waals surface area contributed by atoms with Crippen molar-refractivity contribution in [2.24, 2.45) is 5.92 Å². The minimum atomic E-state index is -3.47. The summed E-state index contributed by atoms with van der Waals surface area (Å²) in [5.74, 6) is -0.864. The van der Waals surface area contributed by atoms with Crippen molar-refractivity contribution in [3.05, 3.63) is 88.4 Å². The molecule has 5 aliphatic rings. The Morgan fingerprint density at radius 3 is 2.43 bits per heavy atom. The van der Waals surface area contributed by atoms with Crippen molar-refractivity contribution >= 4 is 59.1 Å². The molecule has 2 spiro atoms. The van der Waals surface area contributed by atoms with Gasteiger partial charge in [-0.15, -0.1) is 0 Å². The first-order valence-corrected chi connectivity index (χ1v) is 23.0. The minimum Gasteiger partial charge on any atom is -0.394 e. The topological polar surface area (TPSA) is 106 Å². The number of rotatable bonds is 8. The zero-order valence-electron chi connectivity index (χ0n) is 31.1. The van der Waals surface area contributed by atoms with Gasteiger partial charge in [-0.25, -0.2) is 0 Å². The fourth-order valence-corrected chi connectivity index (χ4v) is 13.0. The number of aliphatic hydroxyl groups excluding tert-OH is 1. The van der Waals surface area contributed by atoms with Crippen LogP contribution in [0, 0.1) is 5.92 Å². The summed E-state index contributed by atoms with van der Waals surface area (Å²) in [5.41, 5.74) is 1.40. The van der Waals surface area contributed by atoms with Crippen LogP contribution in [0.2, 0.25) is 18.6 Å². The number of halogens is 2. The third-order valence-corrected chi connectivity index (χ3v) is 15.7. The maximum absolute atomic E-state index is 16.4. The fourth-order valence-electron chi connectivity index (χ4n) is 10.2. The third-order valence-electron chi connectivity index (χ3n) is 12.7. The first kappa shape index (κ1) is 37.3. The lowest BCUT2D eigenvalue weighted by atomic mass is 9.82. The molecule has 0 aliphatic carbocycles. The number of carbonyl (C=O) groups is 3.